The van der Waals surface area contributed by atoms with Gasteiger partial charge in [0.2, 0.25) is 10.0 Å². The van der Waals surface area contributed by atoms with Crippen LogP contribution in [0.25, 0.3) is 0 Å². The van der Waals surface area contributed by atoms with E-state index in [-0.39, 0.29) is 11.8 Å². The Morgan fingerprint density at radius 3 is 2.63 bits per heavy atom. The normalized spacial score (nSPS) is 17.2. The second-order valence-corrected chi connectivity index (χ2v) is 8.69. The number of carbonyl (C=O) groups is 1. The first-order valence-corrected chi connectivity index (χ1v) is 10.5. The van der Waals surface area contributed by atoms with Crippen LogP contribution < -0.4 is 4.72 Å². The lowest BCUT2D eigenvalue weighted by Gasteiger charge is -2.34. The van der Waals surface area contributed by atoms with E-state index in [9.17, 15) is 21.6 Å². The standard InChI is InChI=1S/C14H21N5O3S.C2HF3O2/c1-3-23(20,21)16-6-14-9-18(7-12-4-11(2)22-17-12)8-13-5-15-10-19(13)14;3-2(4,5)1(6)7/h4-5,10,14,16H,3,6-9H2,1-2H3;(H,6,7). The molecule has 168 valence electrons. The van der Waals surface area contributed by atoms with E-state index < -0.39 is 22.2 Å². The zero-order chi connectivity index (χ0) is 22.5. The number of carboxylic acids is 1. The molecule has 0 aliphatic carbocycles. The topological polar surface area (TPSA) is 131 Å². The molecule has 3 heterocycles. The molecule has 0 saturated carbocycles. The Morgan fingerprint density at radius 2 is 2.10 bits per heavy atom. The van der Waals surface area contributed by atoms with Gasteiger partial charge in [0, 0.05) is 38.4 Å². The molecule has 0 amide bonds. The van der Waals surface area contributed by atoms with Gasteiger partial charge in [-0.1, -0.05) is 5.16 Å². The fraction of sp³-hybridized carbons (Fsp3) is 0.562. The summed E-state index contributed by atoms with van der Waals surface area (Å²) in [5.41, 5.74) is 1.94. The summed E-state index contributed by atoms with van der Waals surface area (Å²) in [6, 6.07) is 1.93. The molecule has 10 nitrogen and oxygen atoms in total. The van der Waals surface area contributed by atoms with Crippen LogP contribution in [-0.2, 0) is 27.9 Å². The number of aryl methyl sites for hydroxylation is 1. The summed E-state index contributed by atoms with van der Waals surface area (Å²) in [5, 5.41) is 11.2. The van der Waals surface area contributed by atoms with Gasteiger partial charge in [0.05, 0.1) is 29.5 Å². The molecule has 2 aromatic heterocycles. The monoisotopic (exact) mass is 453 g/mol. The molecule has 1 atom stereocenters. The summed E-state index contributed by atoms with van der Waals surface area (Å²) in [6.45, 7) is 5.99. The van der Waals surface area contributed by atoms with Crippen molar-refractivity contribution in [3.05, 3.63) is 35.7 Å². The number of hydrogen-bond acceptors (Lipinski definition) is 7. The lowest BCUT2D eigenvalue weighted by Crippen LogP contribution is -2.42. The van der Waals surface area contributed by atoms with Gasteiger partial charge in [-0.3, -0.25) is 4.90 Å². The van der Waals surface area contributed by atoms with Crippen molar-refractivity contribution < 1.29 is 36.0 Å². The molecule has 1 unspecified atom stereocenters. The minimum atomic E-state index is -5.08. The Hall–Kier alpha value is -2.45. The summed E-state index contributed by atoms with van der Waals surface area (Å²) in [4.78, 5) is 15.3. The van der Waals surface area contributed by atoms with Crippen LogP contribution in [0, 0.1) is 6.92 Å². The third kappa shape index (κ3) is 6.81. The van der Waals surface area contributed by atoms with Crippen molar-refractivity contribution in [2.75, 3.05) is 18.8 Å². The Morgan fingerprint density at radius 1 is 1.43 bits per heavy atom. The summed E-state index contributed by atoms with van der Waals surface area (Å²) in [6.07, 6.45) is -1.50. The van der Waals surface area contributed by atoms with E-state index in [1.165, 1.54) is 0 Å². The van der Waals surface area contributed by atoms with Gasteiger partial charge in [-0.25, -0.2) is 22.9 Å². The molecule has 3 rings (SSSR count). The van der Waals surface area contributed by atoms with Crippen LogP contribution in [0.4, 0.5) is 13.2 Å². The van der Waals surface area contributed by atoms with E-state index in [0.717, 1.165) is 30.2 Å². The minimum Gasteiger partial charge on any atom is -0.475 e. The fourth-order valence-corrected chi connectivity index (χ4v) is 3.44. The van der Waals surface area contributed by atoms with Crippen LogP contribution >= 0.6 is 0 Å². The van der Waals surface area contributed by atoms with Crippen LogP contribution in [0.2, 0.25) is 0 Å². The summed E-state index contributed by atoms with van der Waals surface area (Å²) in [5.74, 6) is -1.89. The van der Waals surface area contributed by atoms with Crippen LogP contribution in [-0.4, -0.2) is 64.1 Å². The van der Waals surface area contributed by atoms with Gasteiger partial charge >= 0.3 is 12.1 Å². The number of nitrogens with one attached hydrogen (secondary N) is 1. The zero-order valence-electron chi connectivity index (χ0n) is 16.3. The summed E-state index contributed by atoms with van der Waals surface area (Å²) >= 11 is 0. The van der Waals surface area contributed by atoms with Crippen LogP contribution in [0.3, 0.4) is 0 Å². The largest absolute Gasteiger partial charge is 0.490 e. The van der Waals surface area contributed by atoms with E-state index in [4.69, 9.17) is 14.4 Å². The molecule has 1 aliphatic rings. The highest BCUT2D eigenvalue weighted by Gasteiger charge is 2.38. The molecule has 0 spiro atoms. The predicted octanol–water partition coefficient (Wildman–Crippen LogP) is 1.31. The highest BCUT2D eigenvalue weighted by molar-refractivity contribution is 7.89. The summed E-state index contributed by atoms with van der Waals surface area (Å²) in [7, 11) is -3.21. The highest BCUT2D eigenvalue weighted by Crippen LogP contribution is 2.22. The van der Waals surface area contributed by atoms with Crippen molar-refractivity contribution in [1.82, 2.24) is 24.3 Å². The molecule has 0 fully saturated rings. The lowest BCUT2D eigenvalue weighted by molar-refractivity contribution is -0.192. The van der Waals surface area contributed by atoms with Crippen LogP contribution in [0.15, 0.2) is 23.1 Å². The number of hydrogen-bond donors (Lipinski definition) is 2. The molecule has 2 N–H and O–H groups in total. The number of aromatic nitrogens is 3. The Kier molecular flexibility index (Phi) is 7.60. The van der Waals surface area contributed by atoms with Gasteiger partial charge in [0.15, 0.2) is 0 Å². The SMILES string of the molecule is CCS(=O)(=O)NCC1CN(Cc2cc(C)on2)Cc2cncn21.O=C(O)C(F)(F)F. The molecular formula is C16H22F3N5O5S. The van der Waals surface area contributed by atoms with Crippen LogP contribution in [0.1, 0.15) is 30.1 Å². The maximum absolute atomic E-state index is 11.7. The number of halogens is 3. The van der Waals surface area contributed by atoms with E-state index in [2.05, 4.69) is 19.8 Å². The van der Waals surface area contributed by atoms with Gasteiger partial charge in [-0.15, -0.1) is 0 Å². The van der Waals surface area contributed by atoms with Gasteiger partial charge in [0.25, 0.3) is 0 Å². The molecule has 0 saturated heterocycles. The quantitative estimate of drug-likeness (QED) is 0.670. The number of sulfonamides is 1. The van der Waals surface area contributed by atoms with E-state index >= 15 is 0 Å². The number of carboxylic acid groups (broad SMARTS) is 1. The molecular weight excluding hydrogens is 431 g/mol. The van der Waals surface area contributed by atoms with Crippen molar-refractivity contribution in [2.24, 2.45) is 0 Å². The fourth-order valence-electron chi connectivity index (χ4n) is 2.79. The number of alkyl halides is 3. The first-order valence-electron chi connectivity index (χ1n) is 8.84. The zero-order valence-corrected chi connectivity index (χ0v) is 17.1. The number of imidazole rings is 1. The smallest absolute Gasteiger partial charge is 0.475 e. The van der Waals surface area contributed by atoms with E-state index in [0.29, 0.717) is 13.1 Å². The minimum absolute atomic E-state index is 0.00979. The van der Waals surface area contributed by atoms with Gasteiger partial charge in [-0.05, 0) is 13.8 Å². The first-order chi connectivity index (χ1) is 13.9. The second-order valence-electron chi connectivity index (χ2n) is 6.60. The molecule has 14 heteroatoms. The Bertz CT molecular complexity index is 957. The molecule has 1 aliphatic heterocycles. The molecule has 30 heavy (non-hydrogen) atoms. The number of nitrogens with zero attached hydrogens (tertiary/aromatic N) is 4. The number of rotatable bonds is 6. The van der Waals surface area contributed by atoms with E-state index in [1.54, 1.807) is 13.3 Å². The second kappa shape index (κ2) is 9.57. The molecule has 0 bridgehead atoms. The lowest BCUT2D eigenvalue weighted by atomic mass is 10.2. The molecule has 2 aromatic rings. The third-order valence-electron chi connectivity index (χ3n) is 4.22. The predicted molar refractivity (Wildman–Crippen MR) is 97.8 cm³/mol. The maximum atomic E-state index is 11.7. The Labute approximate surface area is 170 Å². The molecule has 0 aromatic carbocycles. The van der Waals surface area contributed by atoms with Crippen molar-refractivity contribution in [3.8, 4) is 0 Å². The number of fused-ring (bicyclic) bond motifs is 1. The molecule has 0 radical (unpaired) electrons. The third-order valence-corrected chi connectivity index (χ3v) is 5.58. The van der Waals surface area contributed by atoms with Crippen molar-refractivity contribution in [3.63, 3.8) is 0 Å². The average molecular weight is 453 g/mol. The van der Waals surface area contributed by atoms with Crippen LogP contribution in [0.5, 0.6) is 0 Å². The first kappa shape index (κ1) is 23.8. The van der Waals surface area contributed by atoms with Crippen molar-refractivity contribution in [1.29, 1.82) is 0 Å². The number of aliphatic carboxylic acids is 1. The Balaban J connectivity index is 0.000000396. The van der Waals surface area contributed by atoms with Gasteiger partial charge < -0.3 is 14.2 Å². The summed E-state index contributed by atoms with van der Waals surface area (Å²) < 4.78 is 64.9. The average Bonchev–Trinajstić information content (AvgIpc) is 3.28. The van der Waals surface area contributed by atoms with Gasteiger partial charge in [0.1, 0.15) is 5.76 Å². The van der Waals surface area contributed by atoms with Crippen molar-refractivity contribution in [2.45, 2.75) is 39.2 Å². The maximum Gasteiger partial charge on any atom is 0.490 e. The van der Waals surface area contributed by atoms with Crippen molar-refractivity contribution >= 4 is 16.0 Å². The highest BCUT2D eigenvalue weighted by atomic mass is 32.2. The van der Waals surface area contributed by atoms with Gasteiger partial charge in [-0.2, -0.15) is 13.2 Å². The van der Waals surface area contributed by atoms with E-state index in [1.807, 2.05) is 23.8 Å².